The molecule has 2 aliphatic rings. The van der Waals surface area contributed by atoms with Gasteiger partial charge in [0.2, 0.25) is 0 Å². The first-order chi connectivity index (χ1) is 17.7. The smallest absolute Gasteiger partial charge is 0.0162 e. The van der Waals surface area contributed by atoms with E-state index in [0.717, 1.165) is 23.7 Å². The minimum Gasteiger partial charge on any atom is -0.0654 e. The molecule has 0 amide bonds. The van der Waals surface area contributed by atoms with Crippen LogP contribution in [0.1, 0.15) is 151 Å². The third-order valence-electron chi connectivity index (χ3n) is 9.67. The van der Waals surface area contributed by atoms with Crippen LogP contribution in [0.3, 0.4) is 0 Å². The van der Waals surface area contributed by atoms with Crippen LogP contribution in [0.2, 0.25) is 0 Å². The number of aryl methyl sites for hydroxylation is 2. The summed E-state index contributed by atoms with van der Waals surface area (Å²) < 4.78 is 0. The molecule has 0 nitrogen and oxygen atoms in total. The van der Waals surface area contributed by atoms with Crippen molar-refractivity contribution in [2.24, 2.45) is 11.8 Å². The highest BCUT2D eigenvalue weighted by Crippen LogP contribution is 2.38. The standard InChI is InChI=1S/C36H54/c1-3-9-29-13-21-33(22-14-29)35-25-17-31(18-26-35)11-7-5-6-8-12-32-19-27-36(28-20-32)34-23-15-30(10-4-2)16-24-34/h17-20,25-30,33-34H,3-16,21-24H2,1-2H3. The summed E-state index contributed by atoms with van der Waals surface area (Å²) in [6.45, 7) is 4.67. The van der Waals surface area contributed by atoms with Crippen molar-refractivity contribution in [1.29, 1.82) is 0 Å². The Balaban J connectivity index is 1.08. The summed E-state index contributed by atoms with van der Waals surface area (Å²) in [7, 11) is 0. The zero-order valence-electron chi connectivity index (χ0n) is 23.7. The van der Waals surface area contributed by atoms with Crippen LogP contribution in [0.4, 0.5) is 0 Å². The van der Waals surface area contributed by atoms with Gasteiger partial charge in [-0.05, 0) is 123 Å². The summed E-state index contributed by atoms with van der Waals surface area (Å²) >= 11 is 0. The molecule has 0 atom stereocenters. The third-order valence-corrected chi connectivity index (χ3v) is 9.67. The van der Waals surface area contributed by atoms with Crippen LogP contribution in [-0.2, 0) is 12.8 Å². The van der Waals surface area contributed by atoms with E-state index in [1.807, 2.05) is 0 Å². The van der Waals surface area contributed by atoms with Crippen molar-refractivity contribution >= 4 is 0 Å². The second kappa shape index (κ2) is 15.0. The highest BCUT2D eigenvalue weighted by Gasteiger charge is 2.22. The molecule has 0 radical (unpaired) electrons. The van der Waals surface area contributed by atoms with Gasteiger partial charge in [-0.2, -0.15) is 0 Å². The monoisotopic (exact) mass is 486 g/mol. The van der Waals surface area contributed by atoms with Gasteiger partial charge in [-0.25, -0.2) is 0 Å². The van der Waals surface area contributed by atoms with E-state index in [9.17, 15) is 0 Å². The van der Waals surface area contributed by atoms with Gasteiger partial charge in [-0.3, -0.25) is 0 Å². The van der Waals surface area contributed by atoms with Crippen molar-refractivity contribution in [2.75, 3.05) is 0 Å². The lowest BCUT2D eigenvalue weighted by atomic mass is 9.77. The lowest BCUT2D eigenvalue weighted by molar-refractivity contribution is 0.308. The van der Waals surface area contributed by atoms with E-state index in [1.165, 1.54) is 127 Å². The average Bonchev–Trinajstić information content (AvgIpc) is 2.93. The molecule has 4 rings (SSSR count). The second-order valence-electron chi connectivity index (χ2n) is 12.4. The predicted molar refractivity (Wildman–Crippen MR) is 158 cm³/mol. The maximum atomic E-state index is 2.45. The Morgan fingerprint density at radius 1 is 0.472 bits per heavy atom. The molecule has 0 saturated heterocycles. The lowest BCUT2D eigenvalue weighted by Crippen LogP contribution is -2.13. The Morgan fingerprint density at radius 3 is 1.17 bits per heavy atom. The average molecular weight is 487 g/mol. The number of rotatable bonds is 13. The minimum absolute atomic E-state index is 0.821. The summed E-state index contributed by atoms with van der Waals surface area (Å²) in [4.78, 5) is 0. The molecule has 2 saturated carbocycles. The van der Waals surface area contributed by atoms with Crippen LogP contribution in [0.5, 0.6) is 0 Å². The predicted octanol–water partition coefficient (Wildman–Crippen LogP) is 11.2. The van der Waals surface area contributed by atoms with Crippen LogP contribution >= 0.6 is 0 Å². The molecule has 0 aromatic heterocycles. The maximum Gasteiger partial charge on any atom is -0.0162 e. The Bertz CT molecular complexity index is 755. The van der Waals surface area contributed by atoms with E-state index in [2.05, 4.69) is 62.4 Å². The molecule has 0 heteroatoms. The van der Waals surface area contributed by atoms with Gasteiger partial charge in [0.1, 0.15) is 0 Å². The number of hydrogen-bond donors (Lipinski definition) is 0. The number of hydrogen-bond acceptors (Lipinski definition) is 0. The van der Waals surface area contributed by atoms with Gasteiger partial charge in [-0.1, -0.05) is 101 Å². The highest BCUT2D eigenvalue weighted by atomic mass is 14.3. The van der Waals surface area contributed by atoms with Crippen molar-refractivity contribution in [3.63, 3.8) is 0 Å². The normalized spacial score (nSPS) is 24.6. The number of benzene rings is 2. The molecule has 2 aliphatic carbocycles. The largest absolute Gasteiger partial charge is 0.0654 e. The van der Waals surface area contributed by atoms with Gasteiger partial charge in [0.05, 0.1) is 0 Å². The molecule has 0 heterocycles. The van der Waals surface area contributed by atoms with Crippen molar-refractivity contribution in [1.82, 2.24) is 0 Å². The summed E-state index contributed by atoms with van der Waals surface area (Å²) in [5, 5.41) is 0. The Labute approximate surface area is 223 Å². The van der Waals surface area contributed by atoms with E-state index in [-0.39, 0.29) is 0 Å². The quantitative estimate of drug-likeness (QED) is 0.247. The van der Waals surface area contributed by atoms with E-state index in [1.54, 1.807) is 11.1 Å². The number of unbranched alkanes of at least 4 members (excludes halogenated alkanes) is 3. The molecule has 2 aromatic rings. The minimum atomic E-state index is 0.821. The van der Waals surface area contributed by atoms with Gasteiger partial charge >= 0.3 is 0 Å². The Hall–Kier alpha value is -1.56. The van der Waals surface area contributed by atoms with E-state index in [4.69, 9.17) is 0 Å². The van der Waals surface area contributed by atoms with Crippen LogP contribution in [-0.4, -0.2) is 0 Å². The van der Waals surface area contributed by atoms with Crippen molar-refractivity contribution < 1.29 is 0 Å². The van der Waals surface area contributed by atoms with Crippen molar-refractivity contribution in [3.8, 4) is 0 Å². The molecule has 2 aromatic carbocycles. The van der Waals surface area contributed by atoms with Gasteiger partial charge in [0.25, 0.3) is 0 Å². The molecule has 0 unspecified atom stereocenters. The van der Waals surface area contributed by atoms with Gasteiger partial charge in [0.15, 0.2) is 0 Å². The fraction of sp³-hybridized carbons (Fsp3) is 0.667. The van der Waals surface area contributed by atoms with Crippen molar-refractivity contribution in [3.05, 3.63) is 70.8 Å². The molecule has 2 fully saturated rings. The molecule has 0 bridgehead atoms. The first kappa shape index (κ1) is 27.5. The van der Waals surface area contributed by atoms with E-state index >= 15 is 0 Å². The SMILES string of the molecule is CCCC1CCC(c2ccc(CCCCCCc3ccc(C4CCC(CCC)CC4)cc3)cc2)CC1. The van der Waals surface area contributed by atoms with Gasteiger partial charge in [-0.15, -0.1) is 0 Å². The van der Waals surface area contributed by atoms with Crippen LogP contribution in [0.25, 0.3) is 0 Å². The zero-order valence-corrected chi connectivity index (χ0v) is 23.7. The van der Waals surface area contributed by atoms with Gasteiger partial charge in [0, 0.05) is 0 Å². The third kappa shape index (κ3) is 8.49. The maximum absolute atomic E-state index is 2.45. The van der Waals surface area contributed by atoms with Crippen LogP contribution < -0.4 is 0 Å². The molecule has 0 aliphatic heterocycles. The second-order valence-corrected chi connectivity index (χ2v) is 12.4. The van der Waals surface area contributed by atoms with Crippen LogP contribution in [0, 0.1) is 11.8 Å². The zero-order chi connectivity index (χ0) is 25.0. The molecule has 0 spiro atoms. The van der Waals surface area contributed by atoms with E-state index < -0.39 is 0 Å². The molecule has 0 N–H and O–H groups in total. The summed E-state index contributed by atoms with van der Waals surface area (Å²) in [5.74, 6) is 3.65. The van der Waals surface area contributed by atoms with Gasteiger partial charge < -0.3 is 0 Å². The summed E-state index contributed by atoms with van der Waals surface area (Å²) in [6, 6.07) is 19.5. The molecular formula is C36H54. The highest BCUT2D eigenvalue weighted by molar-refractivity contribution is 5.27. The Kier molecular flexibility index (Phi) is 11.4. The van der Waals surface area contributed by atoms with E-state index in [0.29, 0.717) is 0 Å². The summed E-state index contributed by atoms with van der Waals surface area (Å²) in [5.41, 5.74) is 6.28. The van der Waals surface area contributed by atoms with Crippen LogP contribution in [0.15, 0.2) is 48.5 Å². The molecule has 198 valence electrons. The first-order valence-corrected chi connectivity index (χ1v) is 15.9. The van der Waals surface area contributed by atoms with Crippen molar-refractivity contribution in [2.45, 2.75) is 141 Å². The summed E-state index contributed by atoms with van der Waals surface area (Å²) in [6.07, 6.45) is 24.9. The first-order valence-electron chi connectivity index (χ1n) is 15.9. The fourth-order valence-corrected chi connectivity index (χ4v) is 7.31. The Morgan fingerprint density at radius 2 is 0.833 bits per heavy atom. The fourth-order valence-electron chi connectivity index (χ4n) is 7.31. The lowest BCUT2D eigenvalue weighted by Gasteiger charge is -2.28. The molecular weight excluding hydrogens is 432 g/mol. The molecule has 36 heavy (non-hydrogen) atoms. The topological polar surface area (TPSA) is 0 Å².